The number of hydrogen-bond acceptors (Lipinski definition) is 7. The maximum Gasteiger partial charge on any atom is 0.425 e. The number of hydrogen-bond donors (Lipinski definition) is 1. The number of amides is 2. The van der Waals surface area contributed by atoms with E-state index in [1.54, 1.807) is 41.5 Å². The molecule has 0 unspecified atom stereocenters. The number of carbonyl (C=O) groups excluding carboxylic acids is 2. The van der Waals surface area contributed by atoms with Gasteiger partial charge < -0.3 is 14.5 Å². The number of H-pyrrole nitrogens is 1. The highest BCUT2D eigenvalue weighted by Crippen LogP contribution is 2.29. The fourth-order valence-corrected chi connectivity index (χ4v) is 2.23. The predicted octanol–water partition coefficient (Wildman–Crippen LogP) is 4.31. The normalized spacial score (nSPS) is 11.8. The first kappa shape index (κ1) is 20.8. The smallest absolute Gasteiger partial charge is 0.425 e. The Morgan fingerprint density at radius 2 is 1.59 bits per heavy atom. The summed E-state index contributed by atoms with van der Waals surface area (Å²) in [4.78, 5) is 41.7. The first-order valence-corrected chi connectivity index (χ1v) is 8.94. The Balaban J connectivity index is 2.57. The van der Waals surface area contributed by atoms with Gasteiger partial charge in [-0.15, -0.1) is 0 Å². The number of aromatic amines is 1. The Morgan fingerprint density at radius 3 is 2.04 bits per heavy atom. The van der Waals surface area contributed by atoms with Gasteiger partial charge in [-0.2, -0.15) is 4.90 Å². The van der Waals surface area contributed by atoms with Gasteiger partial charge >= 0.3 is 12.2 Å². The molecule has 0 saturated carbocycles. The van der Waals surface area contributed by atoms with Crippen LogP contribution >= 0.6 is 15.9 Å². The van der Waals surface area contributed by atoms with E-state index in [-0.39, 0.29) is 11.5 Å². The highest BCUT2D eigenvalue weighted by Gasteiger charge is 2.36. The Kier molecular flexibility index (Phi) is 5.88. The minimum atomic E-state index is -0.922. The lowest BCUT2D eigenvalue weighted by Crippen LogP contribution is -2.44. The third kappa shape index (κ3) is 5.75. The zero-order chi connectivity index (χ0) is 20.4. The van der Waals surface area contributed by atoms with Crippen LogP contribution in [0.2, 0.25) is 0 Å². The molecule has 0 aliphatic rings. The van der Waals surface area contributed by atoms with Gasteiger partial charge in [-0.1, -0.05) is 0 Å². The molecule has 2 aromatic heterocycles. The van der Waals surface area contributed by atoms with Crippen molar-refractivity contribution in [2.75, 3.05) is 4.90 Å². The van der Waals surface area contributed by atoms with Gasteiger partial charge in [0.2, 0.25) is 0 Å². The van der Waals surface area contributed by atoms with Gasteiger partial charge in [0.15, 0.2) is 5.82 Å². The molecule has 0 spiro atoms. The quantitative estimate of drug-likeness (QED) is 0.741. The van der Waals surface area contributed by atoms with Gasteiger partial charge in [-0.25, -0.2) is 24.5 Å². The first-order valence-electron chi connectivity index (χ1n) is 8.15. The summed E-state index contributed by atoms with van der Waals surface area (Å²) in [6.07, 6.45) is 2.48. The van der Waals surface area contributed by atoms with Crippen LogP contribution in [0.15, 0.2) is 23.3 Å². The van der Waals surface area contributed by atoms with E-state index in [2.05, 4.69) is 35.9 Å². The maximum absolute atomic E-state index is 12.8. The van der Waals surface area contributed by atoms with Crippen molar-refractivity contribution in [1.82, 2.24) is 19.9 Å². The van der Waals surface area contributed by atoms with Crippen molar-refractivity contribution in [3.63, 3.8) is 0 Å². The van der Waals surface area contributed by atoms with Crippen LogP contribution in [0.5, 0.6) is 0 Å². The molecule has 0 atom stereocenters. The Bertz CT molecular complexity index is 797. The first-order chi connectivity index (χ1) is 12.4. The van der Waals surface area contributed by atoms with Gasteiger partial charge in [0, 0.05) is 0 Å². The summed E-state index contributed by atoms with van der Waals surface area (Å²) in [5.41, 5.74) is -0.947. The van der Waals surface area contributed by atoms with E-state index >= 15 is 0 Å². The second kappa shape index (κ2) is 7.63. The lowest BCUT2D eigenvalue weighted by atomic mass is 10.2. The standard InChI is InChI=1S/C17H22BrN5O4/c1-16(2,3)26-14(24)23(15(25)27-17(4,5)6)13-12(10-7-19-9-21-10)22-11(18)8-20-13/h7-9H,1-6H3,(H,19,21). The molecule has 146 valence electrons. The molecule has 2 rings (SSSR count). The van der Waals surface area contributed by atoms with E-state index in [0.29, 0.717) is 10.3 Å². The summed E-state index contributed by atoms with van der Waals surface area (Å²) in [6, 6.07) is 0. The highest BCUT2D eigenvalue weighted by atomic mass is 79.9. The third-order valence-electron chi connectivity index (χ3n) is 2.84. The average Bonchev–Trinajstić information content (AvgIpc) is 2.99. The summed E-state index contributed by atoms with van der Waals surface area (Å²) >= 11 is 3.24. The van der Waals surface area contributed by atoms with Gasteiger partial charge in [-0.3, -0.25) is 0 Å². The lowest BCUT2D eigenvalue weighted by molar-refractivity contribution is 0.0429. The predicted molar refractivity (Wildman–Crippen MR) is 102 cm³/mol. The van der Waals surface area contributed by atoms with E-state index in [1.807, 2.05) is 0 Å². The zero-order valence-electron chi connectivity index (χ0n) is 16.0. The molecular formula is C17H22BrN5O4. The monoisotopic (exact) mass is 439 g/mol. The molecule has 2 amide bonds. The Hall–Kier alpha value is -2.49. The zero-order valence-corrected chi connectivity index (χ0v) is 17.6. The average molecular weight is 440 g/mol. The van der Waals surface area contributed by atoms with Crippen LogP contribution in [0.25, 0.3) is 11.4 Å². The van der Waals surface area contributed by atoms with Gasteiger partial charge in [0.05, 0.1) is 24.4 Å². The number of ether oxygens (including phenoxy) is 2. The van der Waals surface area contributed by atoms with E-state index < -0.39 is 23.4 Å². The fourth-order valence-electron chi connectivity index (χ4n) is 1.95. The largest absolute Gasteiger partial charge is 0.443 e. The Morgan fingerprint density at radius 1 is 1.04 bits per heavy atom. The molecule has 0 aromatic carbocycles. The summed E-state index contributed by atoms with van der Waals surface area (Å²) < 4.78 is 11.2. The number of nitrogens with zero attached hydrogens (tertiary/aromatic N) is 4. The summed E-state index contributed by atoms with van der Waals surface area (Å²) in [5.74, 6) is -0.0362. The van der Waals surface area contributed by atoms with Crippen molar-refractivity contribution in [3.8, 4) is 11.4 Å². The molecule has 27 heavy (non-hydrogen) atoms. The summed E-state index contributed by atoms with van der Waals surface area (Å²) in [7, 11) is 0. The van der Waals surface area contributed by atoms with Crippen molar-refractivity contribution < 1.29 is 19.1 Å². The van der Waals surface area contributed by atoms with Gasteiger partial charge in [0.25, 0.3) is 0 Å². The van der Waals surface area contributed by atoms with Crippen LogP contribution in [0.4, 0.5) is 15.4 Å². The van der Waals surface area contributed by atoms with Crippen molar-refractivity contribution in [1.29, 1.82) is 0 Å². The van der Waals surface area contributed by atoms with Crippen LogP contribution in [0.3, 0.4) is 0 Å². The van der Waals surface area contributed by atoms with E-state index in [9.17, 15) is 9.59 Å². The van der Waals surface area contributed by atoms with E-state index in [4.69, 9.17) is 9.47 Å². The third-order valence-corrected chi connectivity index (χ3v) is 3.22. The van der Waals surface area contributed by atoms with Crippen molar-refractivity contribution in [2.45, 2.75) is 52.7 Å². The van der Waals surface area contributed by atoms with Crippen LogP contribution in [0.1, 0.15) is 41.5 Å². The highest BCUT2D eigenvalue weighted by molar-refractivity contribution is 9.10. The second-order valence-electron chi connectivity index (χ2n) is 7.63. The Labute approximate surface area is 165 Å². The molecule has 0 saturated heterocycles. The molecule has 0 radical (unpaired) electrons. The minimum Gasteiger partial charge on any atom is -0.443 e. The summed E-state index contributed by atoms with van der Waals surface area (Å²) in [5, 5.41) is 0. The number of halogens is 1. The topological polar surface area (TPSA) is 110 Å². The molecule has 0 aliphatic carbocycles. The number of imide groups is 1. The van der Waals surface area contributed by atoms with Crippen molar-refractivity contribution >= 4 is 33.9 Å². The van der Waals surface area contributed by atoms with Crippen LogP contribution < -0.4 is 4.90 Å². The van der Waals surface area contributed by atoms with Gasteiger partial charge in [0.1, 0.15) is 21.5 Å². The number of rotatable bonds is 2. The molecule has 0 bridgehead atoms. The van der Waals surface area contributed by atoms with Crippen LogP contribution in [0, 0.1) is 0 Å². The van der Waals surface area contributed by atoms with Crippen molar-refractivity contribution in [3.05, 3.63) is 23.3 Å². The number of imidazole rings is 1. The number of nitrogens with one attached hydrogen (secondary N) is 1. The van der Waals surface area contributed by atoms with Crippen LogP contribution in [-0.4, -0.2) is 43.3 Å². The number of carbonyl (C=O) groups is 2. The molecule has 1 N–H and O–H groups in total. The molecule has 2 heterocycles. The number of aromatic nitrogens is 4. The SMILES string of the molecule is CC(C)(C)OC(=O)N(C(=O)OC(C)(C)C)c1ncc(Br)nc1-c1cnc[nH]1. The van der Waals surface area contributed by atoms with Gasteiger partial charge in [-0.05, 0) is 57.5 Å². The second-order valence-corrected chi connectivity index (χ2v) is 8.44. The molecular weight excluding hydrogens is 418 g/mol. The molecule has 9 nitrogen and oxygen atoms in total. The lowest BCUT2D eigenvalue weighted by Gasteiger charge is -2.28. The maximum atomic E-state index is 12.8. The van der Waals surface area contributed by atoms with Crippen LogP contribution in [-0.2, 0) is 9.47 Å². The molecule has 2 aromatic rings. The summed E-state index contributed by atoms with van der Waals surface area (Å²) in [6.45, 7) is 10.2. The molecule has 10 heteroatoms. The van der Waals surface area contributed by atoms with Crippen molar-refractivity contribution in [2.24, 2.45) is 0 Å². The molecule has 0 fully saturated rings. The van der Waals surface area contributed by atoms with E-state index in [0.717, 1.165) is 4.90 Å². The molecule has 0 aliphatic heterocycles. The van der Waals surface area contributed by atoms with E-state index in [1.165, 1.54) is 18.7 Å². The number of anilines is 1. The minimum absolute atomic E-state index is 0.0362. The fraction of sp³-hybridized carbons (Fsp3) is 0.471.